The van der Waals surface area contributed by atoms with Gasteiger partial charge in [-0.25, -0.2) is 0 Å². The van der Waals surface area contributed by atoms with Crippen molar-refractivity contribution in [3.05, 3.63) is 0 Å². The summed E-state index contributed by atoms with van der Waals surface area (Å²) in [7, 11) is 0. The number of aliphatic hydroxyl groups excluding tert-OH is 8. The summed E-state index contributed by atoms with van der Waals surface area (Å²) in [6, 6.07) is 0. The molecule has 1 heterocycles. The number of ether oxygens (including phenoxy) is 3. The molecule has 0 aliphatic carbocycles. The van der Waals surface area contributed by atoms with Gasteiger partial charge in [-0.3, -0.25) is 4.79 Å². The fourth-order valence-corrected chi connectivity index (χ4v) is 2.25. The quantitative estimate of drug-likeness (QED) is 0.102. The summed E-state index contributed by atoms with van der Waals surface area (Å²) in [5.74, 6) is -0.711. The van der Waals surface area contributed by atoms with E-state index in [1.807, 2.05) is 0 Å². The first-order chi connectivity index (χ1) is 12.1. The number of carbonyl (C=O) groups is 1. The summed E-state index contributed by atoms with van der Waals surface area (Å²) in [5, 5.41) is 77.0. The number of rotatable bonds is 9. The molecule has 0 amide bonds. The fourth-order valence-electron chi connectivity index (χ4n) is 2.25. The first kappa shape index (κ1) is 63.3. The molecule has 1 aliphatic heterocycles. The standard InChI is InChI=1S/C14H26O12.8Ac/c1-5(16)24-3-6(17)9(19)10(20)7(18)4-25-14-13(23)12(22)11(21)8(2-15)26-14;;;;;;;;/h6-15,17-23H,2-4H2,1H3;;;;;;;;. The van der Waals surface area contributed by atoms with Gasteiger partial charge in [0.25, 0.3) is 0 Å². The van der Waals surface area contributed by atoms with Gasteiger partial charge in [0.1, 0.15) is 55.4 Å². The molecule has 34 heavy (non-hydrogen) atoms. The molecule has 9 atom stereocenters. The molecule has 0 saturated carbocycles. The van der Waals surface area contributed by atoms with Crippen LogP contribution in [0.5, 0.6) is 0 Å². The molecule has 0 aromatic carbocycles. The maximum Gasteiger partial charge on any atom is 0.302 e. The average molecular weight is 2200 g/mol. The third kappa shape index (κ3) is 24.7. The normalized spacial score (nSPS) is 26.0. The molecule has 9 unspecified atom stereocenters. The first-order valence-electron chi connectivity index (χ1n) is 7.87. The molecule has 0 spiro atoms. The third-order valence-electron chi connectivity index (χ3n) is 3.88. The number of esters is 1. The fraction of sp³-hybridized carbons (Fsp3) is 0.929. The van der Waals surface area contributed by atoms with Crippen molar-refractivity contribution in [2.24, 2.45) is 0 Å². The number of carbonyl (C=O) groups excluding carboxylic acids is 1. The minimum atomic E-state index is -1.90. The summed E-state index contributed by atoms with van der Waals surface area (Å²) in [6.45, 7) is -0.884. The van der Waals surface area contributed by atoms with Crippen LogP contribution in [0.1, 0.15) is 6.92 Å². The zero-order valence-corrected chi connectivity index (χ0v) is 56.6. The van der Waals surface area contributed by atoms with E-state index in [0.717, 1.165) is 6.92 Å². The number of hydrogen-bond acceptors (Lipinski definition) is 12. The van der Waals surface area contributed by atoms with Crippen molar-refractivity contribution in [2.75, 3.05) is 19.8 Å². The maximum absolute atomic E-state index is 10.6. The largest absolute Gasteiger partial charge is 0.463 e. The Morgan fingerprint density at radius 3 is 1.56 bits per heavy atom. The van der Waals surface area contributed by atoms with Crippen LogP contribution in [0, 0.1) is 352 Å². The van der Waals surface area contributed by atoms with Crippen LogP contribution in [0.3, 0.4) is 0 Å². The van der Waals surface area contributed by atoms with Gasteiger partial charge in [0.2, 0.25) is 0 Å². The Hall–Kier alpha value is 10.6. The van der Waals surface area contributed by atoms with Gasteiger partial charge in [0, 0.05) is 359 Å². The summed E-state index contributed by atoms with van der Waals surface area (Å²) in [6.07, 6.45) is -14.9. The monoisotopic (exact) mass is 2200 g/mol. The van der Waals surface area contributed by atoms with Crippen LogP contribution in [0.2, 0.25) is 0 Å². The molecule has 178 valence electrons. The van der Waals surface area contributed by atoms with Crippen LogP contribution in [0.4, 0.5) is 0 Å². The van der Waals surface area contributed by atoms with Crippen LogP contribution >= 0.6 is 0 Å². The topological polar surface area (TPSA) is 207 Å². The Morgan fingerprint density at radius 1 is 0.765 bits per heavy atom. The van der Waals surface area contributed by atoms with Crippen LogP contribution in [0.25, 0.3) is 0 Å². The van der Waals surface area contributed by atoms with E-state index in [1.54, 1.807) is 0 Å². The Bertz CT molecular complexity index is 459. The van der Waals surface area contributed by atoms with Crippen LogP contribution < -0.4 is 0 Å². The van der Waals surface area contributed by atoms with E-state index in [0.29, 0.717) is 0 Å². The second kappa shape index (κ2) is 36.4. The zero-order chi connectivity index (χ0) is 20.0. The first-order valence-corrected chi connectivity index (χ1v) is 7.87. The molecule has 1 aliphatic rings. The van der Waals surface area contributed by atoms with Crippen LogP contribution in [0.15, 0.2) is 0 Å². The van der Waals surface area contributed by atoms with Gasteiger partial charge >= 0.3 is 5.97 Å². The summed E-state index contributed by atoms with van der Waals surface area (Å²) >= 11 is 0. The molecule has 1 rings (SSSR count). The molecule has 1 fully saturated rings. The van der Waals surface area contributed by atoms with Gasteiger partial charge in [-0.1, -0.05) is 0 Å². The van der Waals surface area contributed by atoms with E-state index in [9.17, 15) is 40.5 Å². The molecule has 12 nitrogen and oxygen atoms in total. The average Bonchev–Trinajstić information content (AvgIpc) is 2.61. The van der Waals surface area contributed by atoms with E-state index in [2.05, 4.69) is 4.74 Å². The van der Waals surface area contributed by atoms with Gasteiger partial charge in [-0.15, -0.1) is 0 Å². The molecule has 8 radical (unpaired) electrons. The maximum atomic E-state index is 10.6. The zero-order valence-electron chi connectivity index (χ0n) is 18.6. The Balaban J connectivity index is -0.000000141. The second-order valence-corrected chi connectivity index (χ2v) is 5.95. The van der Waals surface area contributed by atoms with E-state index < -0.39 is 80.9 Å². The van der Waals surface area contributed by atoms with Crippen molar-refractivity contribution in [1.29, 1.82) is 0 Å². The third-order valence-corrected chi connectivity index (χ3v) is 3.88. The van der Waals surface area contributed by atoms with E-state index in [1.165, 1.54) is 0 Å². The molecule has 1 saturated heterocycles. The Kier molecular flexibility index (Phi) is 67.8. The Morgan fingerprint density at radius 2 is 1.18 bits per heavy atom. The van der Waals surface area contributed by atoms with Crippen molar-refractivity contribution in [1.82, 2.24) is 0 Å². The molecule has 0 aromatic rings. The second-order valence-electron chi connectivity index (χ2n) is 5.95. The molecule has 0 aromatic heterocycles. The minimum absolute atomic E-state index is 0. The van der Waals surface area contributed by atoms with Gasteiger partial charge in [-0.2, -0.15) is 0 Å². The van der Waals surface area contributed by atoms with Crippen molar-refractivity contribution in [3.63, 3.8) is 0 Å². The van der Waals surface area contributed by atoms with E-state index >= 15 is 0 Å². The number of hydrogen-bond donors (Lipinski definition) is 8. The minimum Gasteiger partial charge on any atom is -0.463 e. The van der Waals surface area contributed by atoms with Crippen LogP contribution in [-0.2, 0) is 19.0 Å². The van der Waals surface area contributed by atoms with Gasteiger partial charge in [0.15, 0.2) is 6.29 Å². The van der Waals surface area contributed by atoms with E-state index in [4.69, 9.17) is 14.6 Å². The van der Waals surface area contributed by atoms with Crippen molar-refractivity contribution in [3.8, 4) is 0 Å². The summed E-state index contributed by atoms with van der Waals surface area (Å²) < 4.78 is 14.5. The summed E-state index contributed by atoms with van der Waals surface area (Å²) in [4.78, 5) is 10.6. The van der Waals surface area contributed by atoms with Crippen molar-refractivity contribution in [2.45, 2.75) is 62.0 Å². The molecule has 8 N–H and O–H groups in total. The molecular formula is C14H26Ac8O12. The van der Waals surface area contributed by atoms with Crippen molar-refractivity contribution < 1.29 is 412 Å². The SMILES string of the molecule is CC(=O)OCC(O)C(O)C(O)C(O)COC1OC(CO)C(O)C(O)C1O.[Ac].[Ac].[Ac].[Ac].[Ac].[Ac].[Ac].[Ac]. The Labute approximate surface area is 485 Å². The predicted octanol–water partition coefficient (Wildman–Crippen LogP) is -5.19. The van der Waals surface area contributed by atoms with Gasteiger partial charge in [-0.05, 0) is 0 Å². The van der Waals surface area contributed by atoms with Gasteiger partial charge in [0.05, 0.1) is 13.2 Å². The van der Waals surface area contributed by atoms with Crippen LogP contribution in [-0.4, -0.2) is 122 Å². The van der Waals surface area contributed by atoms with Crippen molar-refractivity contribution >= 4 is 5.97 Å². The number of aliphatic hydroxyl groups is 8. The molecule has 0 bridgehead atoms. The molecular weight excluding hydrogens is 2180 g/mol. The van der Waals surface area contributed by atoms with Gasteiger partial charge < -0.3 is 55.1 Å². The smallest absolute Gasteiger partial charge is 0.302 e. The molecule has 20 heteroatoms. The van der Waals surface area contributed by atoms with E-state index in [-0.39, 0.29) is 352 Å². The predicted molar refractivity (Wildman–Crippen MR) is 80.4 cm³/mol. The summed E-state index contributed by atoms with van der Waals surface area (Å²) in [5.41, 5.74) is 0.